The van der Waals surface area contributed by atoms with Crippen molar-refractivity contribution in [2.45, 2.75) is 51.7 Å². The van der Waals surface area contributed by atoms with E-state index in [1.165, 1.54) is 11.1 Å². The number of halogens is 1. The minimum Gasteiger partial charge on any atom is -0.378 e. The van der Waals surface area contributed by atoms with Crippen LogP contribution in [0.3, 0.4) is 0 Å². The molecule has 1 aromatic rings. The summed E-state index contributed by atoms with van der Waals surface area (Å²) in [5, 5.41) is 9.34. The van der Waals surface area contributed by atoms with Gasteiger partial charge in [-0.3, -0.25) is 0 Å². The van der Waals surface area contributed by atoms with Gasteiger partial charge >= 0.3 is 6.03 Å². The number of hydrogen-bond acceptors (Lipinski definition) is 3. The Hall–Kier alpha value is -1.30. The van der Waals surface area contributed by atoms with Gasteiger partial charge in [0.05, 0.1) is 12.1 Å². The van der Waals surface area contributed by atoms with Gasteiger partial charge in [0.2, 0.25) is 0 Å². The molecule has 6 heteroatoms. The van der Waals surface area contributed by atoms with Crippen molar-refractivity contribution in [3.05, 3.63) is 29.3 Å². The molecule has 2 amide bonds. The first-order valence-corrected chi connectivity index (χ1v) is 8.37. The molecule has 1 aliphatic rings. The lowest BCUT2D eigenvalue weighted by molar-refractivity contribution is 0.0991. The van der Waals surface area contributed by atoms with E-state index in [2.05, 4.69) is 61.8 Å². The highest BCUT2D eigenvalue weighted by molar-refractivity contribution is 5.91. The first kappa shape index (κ1) is 20.7. The number of carbonyl (C=O) groups is 1. The van der Waals surface area contributed by atoms with Crippen LogP contribution in [0.2, 0.25) is 0 Å². The van der Waals surface area contributed by atoms with Crippen molar-refractivity contribution < 1.29 is 9.53 Å². The summed E-state index contributed by atoms with van der Waals surface area (Å²) in [6, 6.07) is 6.06. The molecule has 5 nitrogen and oxygen atoms in total. The zero-order valence-electron chi connectivity index (χ0n) is 15.2. The van der Waals surface area contributed by atoms with E-state index in [4.69, 9.17) is 4.74 Å². The van der Waals surface area contributed by atoms with E-state index in [1.807, 2.05) is 0 Å². The highest BCUT2D eigenvalue weighted by Gasteiger charge is 2.28. The van der Waals surface area contributed by atoms with E-state index in [-0.39, 0.29) is 30.6 Å². The van der Waals surface area contributed by atoms with Crippen LogP contribution in [-0.2, 0) is 4.74 Å². The fourth-order valence-electron chi connectivity index (χ4n) is 3.06. The standard InChI is InChI=1S/C18H29N3O2.ClH/c1-11(2)13-7-6-8-14(12(3)4)17(13)21-18(22)20-15-9-19-10-16(15)23-5;/h6-8,11-12,15-16,19H,9-10H2,1-5H3,(H2,20,21,22);1H/t15-,16-;/m0./s1. The third-order valence-electron chi connectivity index (χ3n) is 4.39. The Morgan fingerprint density at radius 2 is 1.75 bits per heavy atom. The lowest BCUT2D eigenvalue weighted by atomic mass is 9.93. The molecule has 136 valence electrons. The largest absolute Gasteiger partial charge is 0.378 e. The number of anilines is 1. The Morgan fingerprint density at radius 3 is 2.25 bits per heavy atom. The van der Waals surface area contributed by atoms with E-state index in [1.54, 1.807) is 7.11 Å². The van der Waals surface area contributed by atoms with Crippen molar-refractivity contribution in [2.75, 3.05) is 25.5 Å². The summed E-state index contributed by atoms with van der Waals surface area (Å²) >= 11 is 0. The second-order valence-electron chi connectivity index (χ2n) is 6.76. The monoisotopic (exact) mass is 355 g/mol. The summed E-state index contributed by atoms with van der Waals surface area (Å²) in [6.07, 6.45) is 0.0191. The molecule has 0 spiro atoms. The molecule has 2 rings (SSSR count). The quantitative estimate of drug-likeness (QED) is 0.758. The molecule has 1 saturated heterocycles. The first-order chi connectivity index (χ1) is 10.9. The Balaban J connectivity index is 0.00000288. The van der Waals surface area contributed by atoms with Gasteiger partial charge in [0.25, 0.3) is 0 Å². The summed E-state index contributed by atoms with van der Waals surface area (Å²) in [6.45, 7) is 10.1. The number of urea groups is 1. The fraction of sp³-hybridized carbons (Fsp3) is 0.611. The lowest BCUT2D eigenvalue weighted by Gasteiger charge is -2.23. The third kappa shape index (κ3) is 4.85. The summed E-state index contributed by atoms with van der Waals surface area (Å²) in [5.41, 5.74) is 3.27. The minimum absolute atomic E-state index is 0. The molecule has 0 unspecified atom stereocenters. The normalized spacial score (nSPS) is 20.1. The molecule has 3 N–H and O–H groups in total. The summed E-state index contributed by atoms with van der Waals surface area (Å²) < 4.78 is 5.39. The Morgan fingerprint density at radius 1 is 1.17 bits per heavy atom. The Labute approximate surface area is 151 Å². The van der Waals surface area contributed by atoms with Crippen LogP contribution in [0.5, 0.6) is 0 Å². The number of para-hydroxylation sites is 1. The lowest BCUT2D eigenvalue weighted by Crippen LogP contribution is -2.45. The summed E-state index contributed by atoms with van der Waals surface area (Å²) in [7, 11) is 1.68. The van der Waals surface area contributed by atoms with Gasteiger partial charge in [-0.05, 0) is 23.0 Å². The number of ether oxygens (including phenoxy) is 1. The van der Waals surface area contributed by atoms with Crippen LogP contribution in [0.25, 0.3) is 0 Å². The molecule has 1 heterocycles. The number of rotatable bonds is 5. The van der Waals surface area contributed by atoms with Gasteiger partial charge in [-0.25, -0.2) is 4.79 Å². The molecule has 1 fully saturated rings. The van der Waals surface area contributed by atoms with E-state index >= 15 is 0 Å². The molecular formula is C18H30ClN3O2. The number of hydrogen-bond donors (Lipinski definition) is 3. The highest BCUT2D eigenvalue weighted by Crippen LogP contribution is 2.32. The van der Waals surface area contributed by atoms with Crippen molar-refractivity contribution in [3.63, 3.8) is 0 Å². The van der Waals surface area contributed by atoms with E-state index < -0.39 is 0 Å². The van der Waals surface area contributed by atoms with Crippen LogP contribution >= 0.6 is 12.4 Å². The van der Waals surface area contributed by atoms with Crippen LogP contribution in [0.15, 0.2) is 18.2 Å². The number of carbonyl (C=O) groups excluding carboxylic acids is 1. The van der Waals surface area contributed by atoms with Gasteiger partial charge < -0.3 is 20.7 Å². The molecule has 0 saturated carbocycles. The van der Waals surface area contributed by atoms with Gasteiger partial charge in [-0.15, -0.1) is 12.4 Å². The number of amides is 2. The maximum Gasteiger partial charge on any atom is 0.319 e. The second kappa shape index (κ2) is 9.25. The Bertz CT molecular complexity index is 523. The van der Waals surface area contributed by atoms with Crippen molar-refractivity contribution in [2.24, 2.45) is 0 Å². The topological polar surface area (TPSA) is 62.4 Å². The smallest absolute Gasteiger partial charge is 0.319 e. The SMILES string of the molecule is CO[C@H]1CNC[C@@H]1NC(=O)Nc1c(C(C)C)cccc1C(C)C.Cl. The van der Waals surface area contributed by atoms with Crippen molar-refractivity contribution in [3.8, 4) is 0 Å². The van der Waals surface area contributed by atoms with Crippen molar-refractivity contribution in [1.29, 1.82) is 0 Å². The maximum absolute atomic E-state index is 12.5. The molecule has 2 atom stereocenters. The molecule has 0 radical (unpaired) electrons. The molecule has 1 aliphatic heterocycles. The molecular weight excluding hydrogens is 326 g/mol. The summed E-state index contributed by atoms with van der Waals surface area (Å²) in [4.78, 5) is 12.5. The second-order valence-corrected chi connectivity index (χ2v) is 6.76. The number of nitrogens with one attached hydrogen (secondary N) is 3. The molecule has 24 heavy (non-hydrogen) atoms. The van der Waals surface area contributed by atoms with E-state index in [0.717, 1.165) is 18.8 Å². The van der Waals surface area contributed by atoms with Crippen molar-refractivity contribution >= 4 is 24.1 Å². The van der Waals surface area contributed by atoms with Gasteiger partial charge in [0.1, 0.15) is 0 Å². The zero-order chi connectivity index (χ0) is 17.0. The third-order valence-corrected chi connectivity index (χ3v) is 4.39. The van der Waals surface area contributed by atoms with Gasteiger partial charge in [0.15, 0.2) is 0 Å². The predicted molar refractivity (Wildman–Crippen MR) is 101 cm³/mol. The average molecular weight is 356 g/mol. The molecule has 0 aromatic heterocycles. The van der Waals surface area contributed by atoms with Crippen LogP contribution < -0.4 is 16.0 Å². The molecule has 0 aliphatic carbocycles. The number of benzene rings is 1. The minimum atomic E-state index is -0.171. The first-order valence-electron chi connectivity index (χ1n) is 8.37. The van der Waals surface area contributed by atoms with Crippen LogP contribution in [0.4, 0.5) is 10.5 Å². The van der Waals surface area contributed by atoms with Crippen LogP contribution in [0, 0.1) is 0 Å². The molecule has 1 aromatic carbocycles. The maximum atomic E-state index is 12.5. The fourth-order valence-corrected chi connectivity index (χ4v) is 3.06. The van der Waals surface area contributed by atoms with Gasteiger partial charge in [-0.1, -0.05) is 45.9 Å². The van der Waals surface area contributed by atoms with Crippen LogP contribution in [-0.4, -0.2) is 38.4 Å². The van der Waals surface area contributed by atoms with Crippen LogP contribution in [0.1, 0.15) is 50.7 Å². The van der Waals surface area contributed by atoms with Gasteiger partial charge in [0, 0.05) is 25.9 Å². The zero-order valence-corrected chi connectivity index (χ0v) is 16.0. The average Bonchev–Trinajstić information content (AvgIpc) is 2.93. The predicted octanol–water partition coefficient (Wildman–Crippen LogP) is 3.46. The molecule has 0 bridgehead atoms. The van der Waals surface area contributed by atoms with E-state index in [0.29, 0.717) is 11.8 Å². The Kier molecular flexibility index (Phi) is 8.00. The summed E-state index contributed by atoms with van der Waals surface area (Å²) in [5.74, 6) is 0.702. The van der Waals surface area contributed by atoms with Gasteiger partial charge in [-0.2, -0.15) is 0 Å². The number of methoxy groups -OCH3 is 1. The van der Waals surface area contributed by atoms with E-state index in [9.17, 15) is 4.79 Å². The highest BCUT2D eigenvalue weighted by atomic mass is 35.5. The van der Waals surface area contributed by atoms with Crippen molar-refractivity contribution in [1.82, 2.24) is 10.6 Å².